The zero-order chi connectivity index (χ0) is 13.1. The molecule has 1 aromatic carbocycles. The number of aliphatic hydroxyl groups excluding tert-OH is 1. The van der Waals surface area contributed by atoms with Gasteiger partial charge in [-0.15, -0.1) is 11.3 Å². The number of halogens is 1. The van der Waals surface area contributed by atoms with E-state index in [1.165, 1.54) is 17.0 Å². The minimum absolute atomic E-state index is 0.320. The summed E-state index contributed by atoms with van der Waals surface area (Å²) in [7, 11) is 1.94. The highest BCUT2D eigenvalue weighted by Gasteiger charge is 2.13. The molecule has 0 saturated carbocycles. The number of nitrogens with zero attached hydrogens (tertiary/aromatic N) is 1. The zero-order valence-electron chi connectivity index (χ0n) is 10.4. The van der Waals surface area contributed by atoms with Gasteiger partial charge < -0.3 is 10.0 Å². The molecule has 0 radical (unpaired) electrons. The average molecular weight is 265 g/mol. The van der Waals surface area contributed by atoms with Gasteiger partial charge in [0, 0.05) is 23.2 Å². The van der Waals surface area contributed by atoms with Gasteiger partial charge in [0.05, 0.1) is 12.6 Å². The van der Waals surface area contributed by atoms with E-state index in [0.29, 0.717) is 5.56 Å². The smallest absolute Gasteiger partial charge is 0.123 e. The predicted octanol–water partition coefficient (Wildman–Crippen LogP) is 3.58. The molecule has 0 saturated heterocycles. The fourth-order valence-corrected chi connectivity index (χ4v) is 2.69. The van der Waals surface area contributed by atoms with Gasteiger partial charge in [0.25, 0.3) is 0 Å². The van der Waals surface area contributed by atoms with Crippen LogP contribution in [0.15, 0.2) is 35.7 Å². The quantitative estimate of drug-likeness (QED) is 0.913. The molecule has 0 fully saturated rings. The fourth-order valence-electron chi connectivity index (χ4n) is 1.93. The summed E-state index contributed by atoms with van der Waals surface area (Å²) >= 11 is 1.69. The number of anilines is 1. The Morgan fingerprint density at radius 3 is 2.78 bits per heavy atom. The first-order valence-electron chi connectivity index (χ1n) is 5.79. The molecule has 2 aromatic rings. The molecule has 2 rings (SSSR count). The van der Waals surface area contributed by atoms with Crippen molar-refractivity contribution in [2.45, 2.75) is 19.6 Å². The van der Waals surface area contributed by atoms with Crippen LogP contribution in [-0.4, -0.2) is 12.2 Å². The van der Waals surface area contributed by atoms with Crippen LogP contribution in [0.2, 0.25) is 0 Å². The summed E-state index contributed by atoms with van der Waals surface area (Å²) in [5.74, 6) is -0.320. The van der Waals surface area contributed by atoms with Crippen molar-refractivity contribution in [3.63, 3.8) is 0 Å². The first-order valence-corrected chi connectivity index (χ1v) is 6.67. The molecular formula is C14H16FNOS. The van der Waals surface area contributed by atoms with Crippen LogP contribution in [0.1, 0.15) is 23.5 Å². The molecule has 0 bridgehead atoms. The molecule has 0 aliphatic carbocycles. The maximum atomic E-state index is 13.2. The average Bonchev–Trinajstić information content (AvgIpc) is 2.81. The van der Waals surface area contributed by atoms with E-state index in [2.05, 4.69) is 6.07 Å². The normalized spacial score (nSPS) is 12.4. The largest absolute Gasteiger partial charge is 0.389 e. The van der Waals surface area contributed by atoms with Gasteiger partial charge in [-0.05, 0) is 36.6 Å². The lowest BCUT2D eigenvalue weighted by molar-refractivity contribution is 0.199. The zero-order valence-corrected chi connectivity index (χ0v) is 11.2. The second-order valence-electron chi connectivity index (χ2n) is 4.31. The summed E-state index contributed by atoms with van der Waals surface area (Å²) in [4.78, 5) is 3.26. The number of thiophene rings is 1. The van der Waals surface area contributed by atoms with E-state index in [9.17, 15) is 9.50 Å². The molecular weight excluding hydrogens is 249 g/mol. The summed E-state index contributed by atoms with van der Waals surface area (Å²) in [6.07, 6.45) is -0.679. The van der Waals surface area contributed by atoms with E-state index in [1.807, 2.05) is 23.4 Å². The van der Waals surface area contributed by atoms with E-state index in [-0.39, 0.29) is 5.82 Å². The number of hydrogen-bond acceptors (Lipinski definition) is 3. The monoisotopic (exact) mass is 265 g/mol. The summed E-state index contributed by atoms with van der Waals surface area (Å²) in [6, 6.07) is 8.60. The molecule has 0 unspecified atom stereocenters. The Morgan fingerprint density at radius 2 is 2.17 bits per heavy atom. The standard InChI is InChI=1S/C14H16FNOS/c1-10(17)13-8-11(15)5-6-14(13)16(2)9-12-4-3-7-18-12/h3-8,10,17H,9H2,1-2H3/t10-/m1/s1. The maximum absolute atomic E-state index is 13.2. The van der Waals surface area contributed by atoms with Gasteiger partial charge in [0.1, 0.15) is 5.82 Å². The Bertz CT molecular complexity index is 511. The summed E-state index contributed by atoms with van der Waals surface area (Å²) in [6.45, 7) is 2.40. The first kappa shape index (κ1) is 13.1. The molecule has 0 amide bonds. The van der Waals surface area contributed by atoms with Gasteiger partial charge in [0.15, 0.2) is 0 Å². The van der Waals surface area contributed by atoms with Crippen LogP contribution in [0.25, 0.3) is 0 Å². The summed E-state index contributed by atoms with van der Waals surface area (Å²) < 4.78 is 13.2. The third-order valence-corrected chi connectivity index (χ3v) is 3.69. The second kappa shape index (κ2) is 5.50. The van der Waals surface area contributed by atoms with Crippen LogP contribution in [-0.2, 0) is 6.54 Å². The molecule has 0 aliphatic heterocycles. The van der Waals surface area contributed by atoms with E-state index < -0.39 is 6.10 Å². The van der Waals surface area contributed by atoms with Crippen molar-refractivity contribution in [3.8, 4) is 0 Å². The highest BCUT2D eigenvalue weighted by molar-refractivity contribution is 7.09. The van der Waals surface area contributed by atoms with Crippen molar-refractivity contribution < 1.29 is 9.50 Å². The second-order valence-corrected chi connectivity index (χ2v) is 5.35. The minimum atomic E-state index is -0.679. The SMILES string of the molecule is C[C@@H](O)c1cc(F)ccc1N(C)Cc1cccs1. The van der Waals surface area contributed by atoms with Crippen molar-refractivity contribution >= 4 is 17.0 Å². The Balaban J connectivity index is 2.26. The molecule has 0 aliphatic rings. The van der Waals surface area contributed by atoms with Crippen LogP contribution in [0.4, 0.5) is 10.1 Å². The third kappa shape index (κ3) is 2.89. The summed E-state index contributed by atoms with van der Waals surface area (Å²) in [5, 5.41) is 11.7. The molecule has 1 heterocycles. The molecule has 18 heavy (non-hydrogen) atoms. The summed E-state index contributed by atoms with van der Waals surface area (Å²) in [5.41, 5.74) is 1.48. The number of rotatable bonds is 4. The van der Waals surface area contributed by atoms with Gasteiger partial charge in [-0.25, -0.2) is 4.39 Å². The number of benzene rings is 1. The topological polar surface area (TPSA) is 23.5 Å². The van der Waals surface area contributed by atoms with Crippen molar-refractivity contribution in [1.82, 2.24) is 0 Å². The first-order chi connectivity index (χ1) is 8.58. The Hall–Kier alpha value is -1.39. The van der Waals surface area contributed by atoms with Gasteiger partial charge >= 0.3 is 0 Å². The van der Waals surface area contributed by atoms with Crippen LogP contribution >= 0.6 is 11.3 Å². The van der Waals surface area contributed by atoms with Crippen molar-refractivity contribution in [2.24, 2.45) is 0 Å². The molecule has 1 aromatic heterocycles. The molecule has 96 valence electrons. The third-order valence-electron chi connectivity index (χ3n) is 2.82. The van der Waals surface area contributed by atoms with E-state index in [4.69, 9.17) is 0 Å². The van der Waals surface area contributed by atoms with Gasteiger partial charge in [-0.1, -0.05) is 6.07 Å². The Kier molecular flexibility index (Phi) is 3.99. The molecule has 2 nitrogen and oxygen atoms in total. The molecule has 1 atom stereocenters. The predicted molar refractivity (Wildman–Crippen MR) is 73.5 cm³/mol. The Morgan fingerprint density at radius 1 is 1.39 bits per heavy atom. The van der Waals surface area contributed by atoms with Crippen molar-refractivity contribution in [1.29, 1.82) is 0 Å². The minimum Gasteiger partial charge on any atom is -0.389 e. The highest BCUT2D eigenvalue weighted by atomic mass is 32.1. The maximum Gasteiger partial charge on any atom is 0.123 e. The van der Waals surface area contributed by atoms with E-state index in [1.54, 1.807) is 24.3 Å². The van der Waals surface area contributed by atoms with E-state index >= 15 is 0 Å². The van der Waals surface area contributed by atoms with Gasteiger partial charge in [-0.3, -0.25) is 0 Å². The molecule has 1 N–H and O–H groups in total. The van der Waals surface area contributed by atoms with Crippen LogP contribution in [0, 0.1) is 5.82 Å². The van der Waals surface area contributed by atoms with E-state index in [0.717, 1.165) is 12.2 Å². The lowest BCUT2D eigenvalue weighted by Crippen LogP contribution is -2.18. The number of hydrogen-bond donors (Lipinski definition) is 1. The molecule has 4 heteroatoms. The molecule has 0 spiro atoms. The van der Waals surface area contributed by atoms with Crippen molar-refractivity contribution in [3.05, 3.63) is 52.0 Å². The fraction of sp³-hybridized carbons (Fsp3) is 0.286. The van der Waals surface area contributed by atoms with Gasteiger partial charge in [0.2, 0.25) is 0 Å². The van der Waals surface area contributed by atoms with Crippen LogP contribution in [0.5, 0.6) is 0 Å². The Labute approximate surface area is 110 Å². The van der Waals surface area contributed by atoms with Crippen LogP contribution in [0.3, 0.4) is 0 Å². The van der Waals surface area contributed by atoms with Gasteiger partial charge in [-0.2, -0.15) is 0 Å². The number of aliphatic hydroxyl groups is 1. The lowest BCUT2D eigenvalue weighted by atomic mass is 10.1. The van der Waals surface area contributed by atoms with Crippen molar-refractivity contribution in [2.75, 3.05) is 11.9 Å². The van der Waals surface area contributed by atoms with Crippen LogP contribution < -0.4 is 4.90 Å². The highest BCUT2D eigenvalue weighted by Crippen LogP contribution is 2.28. The lowest BCUT2D eigenvalue weighted by Gasteiger charge is -2.23.